The molecule has 27 heavy (non-hydrogen) atoms. The summed E-state index contributed by atoms with van der Waals surface area (Å²) >= 11 is 0. The number of aryl methyl sites for hydroxylation is 1. The summed E-state index contributed by atoms with van der Waals surface area (Å²) in [7, 11) is 1.68. The Labute approximate surface area is 162 Å². The molecule has 0 aliphatic heterocycles. The van der Waals surface area contributed by atoms with Gasteiger partial charge in [0.25, 0.3) is 0 Å². The van der Waals surface area contributed by atoms with Gasteiger partial charge in [0.1, 0.15) is 6.61 Å². The number of benzene rings is 3. The standard InChI is InChI=1S/C24H27NO2/c1-19-9-6-7-12-22(19)18-27-24-21(13-8-14-23(24)26-2)17-25-16-15-20-10-4-3-5-11-20/h3-14,25H,15-18H2,1-2H3. The van der Waals surface area contributed by atoms with Crippen LogP contribution in [-0.4, -0.2) is 13.7 Å². The largest absolute Gasteiger partial charge is 0.493 e. The number of para-hydroxylation sites is 1. The average Bonchev–Trinajstić information content (AvgIpc) is 2.71. The Bertz CT molecular complexity index is 846. The van der Waals surface area contributed by atoms with E-state index in [9.17, 15) is 0 Å². The topological polar surface area (TPSA) is 30.5 Å². The predicted octanol–water partition coefficient (Wildman–Crippen LogP) is 4.91. The van der Waals surface area contributed by atoms with E-state index in [0.717, 1.165) is 36.6 Å². The highest BCUT2D eigenvalue weighted by Gasteiger charge is 2.11. The molecule has 140 valence electrons. The van der Waals surface area contributed by atoms with Crippen LogP contribution in [0.15, 0.2) is 72.8 Å². The molecule has 3 rings (SSSR count). The van der Waals surface area contributed by atoms with Gasteiger partial charge < -0.3 is 14.8 Å². The van der Waals surface area contributed by atoms with Crippen molar-refractivity contribution in [1.82, 2.24) is 5.32 Å². The number of hydrogen-bond donors (Lipinski definition) is 1. The number of ether oxygens (including phenoxy) is 2. The minimum atomic E-state index is 0.532. The molecule has 0 spiro atoms. The van der Waals surface area contributed by atoms with Crippen LogP contribution in [0.4, 0.5) is 0 Å². The molecule has 0 radical (unpaired) electrons. The fourth-order valence-corrected chi connectivity index (χ4v) is 3.05. The smallest absolute Gasteiger partial charge is 0.166 e. The van der Waals surface area contributed by atoms with Gasteiger partial charge in [-0.05, 0) is 42.6 Å². The van der Waals surface area contributed by atoms with E-state index in [2.05, 4.69) is 54.7 Å². The molecule has 0 atom stereocenters. The second kappa shape index (κ2) is 9.79. The second-order valence-corrected chi connectivity index (χ2v) is 6.58. The summed E-state index contributed by atoms with van der Waals surface area (Å²) in [6.45, 7) is 4.29. The van der Waals surface area contributed by atoms with E-state index >= 15 is 0 Å². The van der Waals surface area contributed by atoms with Crippen molar-refractivity contribution in [2.24, 2.45) is 0 Å². The lowest BCUT2D eigenvalue weighted by molar-refractivity contribution is 0.280. The van der Waals surface area contributed by atoms with E-state index in [0.29, 0.717) is 6.61 Å². The molecule has 0 heterocycles. The zero-order chi connectivity index (χ0) is 18.9. The van der Waals surface area contributed by atoms with Crippen molar-refractivity contribution in [3.8, 4) is 11.5 Å². The molecule has 0 aliphatic carbocycles. The van der Waals surface area contributed by atoms with E-state index < -0.39 is 0 Å². The molecule has 3 heteroatoms. The molecule has 0 amide bonds. The summed E-state index contributed by atoms with van der Waals surface area (Å²) in [6, 6.07) is 24.8. The van der Waals surface area contributed by atoms with Crippen LogP contribution in [0, 0.1) is 6.92 Å². The Kier molecular flexibility index (Phi) is 6.89. The Hall–Kier alpha value is -2.78. The van der Waals surface area contributed by atoms with Gasteiger partial charge >= 0.3 is 0 Å². The number of methoxy groups -OCH3 is 1. The molecule has 0 aliphatic rings. The van der Waals surface area contributed by atoms with Crippen LogP contribution >= 0.6 is 0 Å². The van der Waals surface area contributed by atoms with Crippen LogP contribution < -0.4 is 14.8 Å². The quantitative estimate of drug-likeness (QED) is 0.549. The van der Waals surface area contributed by atoms with E-state index in [1.165, 1.54) is 16.7 Å². The Morgan fingerprint density at radius 3 is 2.33 bits per heavy atom. The first-order chi connectivity index (χ1) is 13.3. The van der Waals surface area contributed by atoms with Crippen molar-refractivity contribution in [3.05, 3.63) is 95.1 Å². The molecule has 3 nitrogen and oxygen atoms in total. The summed E-state index contributed by atoms with van der Waals surface area (Å²) in [4.78, 5) is 0. The summed E-state index contributed by atoms with van der Waals surface area (Å²) in [5.74, 6) is 1.58. The van der Waals surface area contributed by atoms with Crippen LogP contribution in [0.5, 0.6) is 11.5 Å². The maximum Gasteiger partial charge on any atom is 0.166 e. The third kappa shape index (κ3) is 5.35. The lowest BCUT2D eigenvalue weighted by Gasteiger charge is -2.16. The minimum absolute atomic E-state index is 0.532. The number of nitrogens with one attached hydrogen (secondary N) is 1. The highest BCUT2D eigenvalue weighted by Crippen LogP contribution is 2.32. The van der Waals surface area contributed by atoms with Crippen molar-refractivity contribution < 1.29 is 9.47 Å². The van der Waals surface area contributed by atoms with E-state index in [1.807, 2.05) is 30.3 Å². The van der Waals surface area contributed by atoms with Gasteiger partial charge in [-0.3, -0.25) is 0 Å². The van der Waals surface area contributed by atoms with Crippen LogP contribution in [0.25, 0.3) is 0 Å². The van der Waals surface area contributed by atoms with Crippen molar-refractivity contribution >= 4 is 0 Å². The maximum absolute atomic E-state index is 6.18. The molecule has 0 bridgehead atoms. The third-order valence-electron chi connectivity index (χ3n) is 4.66. The maximum atomic E-state index is 6.18. The zero-order valence-electron chi connectivity index (χ0n) is 16.1. The lowest BCUT2D eigenvalue weighted by atomic mass is 10.1. The molecule has 0 aromatic heterocycles. The molecular formula is C24H27NO2. The third-order valence-corrected chi connectivity index (χ3v) is 4.66. The summed E-state index contributed by atoms with van der Waals surface area (Å²) in [5.41, 5.74) is 4.86. The minimum Gasteiger partial charge on any atom is -0.493 e. The average molecular weight is 361 g/mol. The molecule has 0 saturated heterocycles. The van der Waals surface area contributed by atoms with Gasteiger partial charge in [0, 0.05) is 12.1 Å². The van der Waals surface area contributed by atoms with Gasteiger partial charge in [0.2, 0.25) is 0 Å². The number of rotatable bonds is 9. The van der Waals surface area contributed by atoms with Crippen LogP contribution in [-0.2, 0) is 19.6 Å². The highest BCUT2D eigenvalue weighted by atomic mass is 16.5. The van der Waals surface area contributed by atoms with Crippen LogP contribution in [0.2, 0.25) is 0 Å². The summed E-state index contributed by atoms with van der Waals surface area (Å²) in [6.07, 6.45) is 1.00. The van der Waals surface area contributed by atoms with Crippen LogP contribution in [0.3, 0.4) is 0 Å². The van der Waals surface area contributed by atoms with E-state index in [-0.39, 0.29) is 0 Å². The second-order valence-electron chi connectivity index (χ2n) is 6.58. The molecule has 0 unspecified atom stereocenters. The van der Waals surface area contributed by atoms with Gasteiger partial charge in [0.05, 0.1) is 7.11 Å². The fraction of sp³-hybridized carbons (Fsp3) is 0.250. The molecule has 3 aromatic carbocycles. The van der Waals surface area contributed by atoms with Gasteiger partial charge in [-0.15, -0.1) is 0 Å². The Morgan fingerprint density at radius 2 is 1.56 bits per heavy atom. The first kappa shape index (κ1) is 19.0. The van der Waals surface area contributed by atoms with Crippen molar-refractivity contribution in [2.45, 2.75) is 26.5 Å². The predicted molar refractivity (Wildman–Crippen MR) is 110 cm³/mol. The zero-order valence-corrected chi connectivity index (χ0v) is 16.1. The number of hydrogen-bond acceptors (Lipinski definition) is 3. The van der Waals surface area contributed by atoms with E-state index in [4.69, 9.17) is 9.47 Å². The van der Waals surface area contributed by atoms with Gasteiger partial charge in [-0.1, -0.05) is 66.7 Å². The fourth-order valence-electron chi connectivity index (χ4n) is 3.05. The summed E-state index contributed by atoms with van der Waals surface area (Å²) in [5, 5.41) is 3.52. The SMILES string of the molecule is COc1cccc(CNCCc2ccccc2)c1OCc1ccccc1C. The van der Waals surface area contributed by atoms with Gasteiger partial charge in [-0.25, -0.2) is 0 Å². The van der Waals surface area contributed by atoms with Gasteiger partial charge in [-0.2, -0.15) is 0 Å². The van der Waals surface area contributed by atoms with Crippen LogP contribution in [0.1, 0.15) is 22.3 Å². The first-order valence-corrected chi connectivity index (χ1v) is 9.35. The van der Waals surface area contributed by atoms with Crippen molar-refractivity contribution in [2.75, 3.05) is 13.7 Å². The molecule has 0 fully saturated rings. The Morgan fingerprint density at radius 1 is 0.815 bits per heavy atom. The van der Waals surface area contributed by atoms with Crippen molar-refractivity contribution in [1.29, 1.82) is 0 Å². The highest BCUT2D eigenvalue weighted by molar-refractivity contribution is 5.47. The molecule has 3 aromatic rings. The normalized spacial score (nSPS) is 10.6. The van der Waals surface area contributed by atoms with Crippen molar-refractivity contribution in [3.63, 3.8) is 0 Å². The lowest BCUT2D eigenvalue weighted by Crippen LogP contribution is -2.17. The summed E-state index contributed by atoms with van der Waals surface area (Å²) < 4.78 is 11.7. The molecule has 1 N–H and O–H groups in total. The molecular weight excluding hydrogens is 334 g/mol. The van der Waals surface area contributed by atoms with E-state index in [1.54, 1.807) is 7.11 Å². The Balaban J connectivity index is 1.63. The first-order valence-electron chi connectivity index (χ1n) is 9.35. The monoisotopic (exact) mass is 361 g/mol. The molecule has 0 saturated carbocycles. The van der Waals surface area contributed by atoms with Gasteiger partial charge in [0.15, 0.2) is 11.5 Å².